The van der Waals surface area contributed by atoms with E-state index in [9.17, 15) is 4.79 Å². The predicted molar refractivity (Wildman–Crippen MR) is 89.3 cm³/mol. The Labute approximate surface area is 141 Å². The molecule has 1 saturated carbocycles. The van der Waals surface area contributed by atoms with Gasteiger partial charge in [0, 0.05) is 12.1 Å². The first-order chi connectivity index (χ1) is 11.7. The van der Waals surface area contributed by atoms with E-state index in [0.717, 1.165) is 18.7 Å². The number of hydrogen-bond acceptors (Lipinski definition) is 6. The molecular weight excluding hydrogens is 306 g/mol. The lowest BCUT2D eigenvalue weighted by Gasteiger charge is -2.25. The van der Waals surface area contributed by atoms with Crippen LogP contribution in [0.2, 0.25) is 0 Å². The lowest BCUT2D eigenvalue weighted by atomic mass is 9.85. The normalized spacial score (nSPS) is 16.0. The van der Waals surface area contributed by atoms with Crippen LogP contribution in [0.3, 0.4) is 0 Å². The quantitative estimate of drug-likeness (QED) is 0.840. The van der Waals surface area contributed by atoms with Gasteiger partial charge in [-0.2, -0.15) is 4.98 Å². The Hall–Kier alpha value is -2.28. The number of carbonyl (C=O) groups excluding carboxylic acids is 1. The zero-order valence-electron chi connectivity index (χ0n) is 14.1. The van der Waals surface area contributed by atoms with Crippen LogP contribution in [0.1, 0.15) is 50.7 Å². The number of anilines is 1. The minimum absolute atomic E-state index is 0.0988. The molecule has 1 unspecified atom stereocenters. The molecule has 1 atom stereocenters. The second-order valence-electron chi connectivity index (χ2n) is 6.12. The van der Waals surface area contributed by atoms with Crippen molar-refractivity contribution < 1.29 is 9.32 Å². The number of carbonyl (C=O) groups is 1. The summed E-state index contributed by atoms with van der Waals surface area (Å²) in [5.74, 6) is 2.25. The first-order valence-corrected chi connectivity index (χ1v) is 8.45. The topological polar surface area (TPSA) is 84.2 Å². The Bertz CT molecular complexity index is 669. The highest BCUT2D eigenvalue weighted by molar-refractivity contribution is 5.93. The van der Waals surface area contributed by atoms with Gasteiger partial charge in [0.25, 0.3) is 0 Å². The van der Waals surface area contributed by atoms with E-state index in [0.29, 0.717) is 30.6 Å². The van der Waals surface area contributed by atoms with Crippen molar-refractivity contribution in [2.45, 2.75) is 51.6 Å². The molecular formula is C17H23N5O2. The van der Waals surface area contributed by atoms with Gasteiger partial charge in [-0.1, -0.05) is 24.6 Å². The van der Waals surface area contributed by atoms with E-state index in [2.05, 4.69) is 20.4 Å². The number of nitrogens with one attached hydrogen (secondary N) is 1. The Morgan fingerprint density at radius 2 is 2.29 bits per heavy atom. The summed E-state index contributed by atoms with van der Waals surface area (Å²) in [5, 5.41) is 6.89. The van der Waals surface area contributed by atoms with Crippen molar-refractivity contribution in [1.82, 2.24) is 20.0 Å². The van der Waals surface area contributed by atoms with E-state index in [1.807, 2.05) is 30.9 Å². The highest BCUT2D eigenvalue weighted by Crippen LogP contribution is 2.35. The van der Waals surface area contributed by atoms with E-state index in [4.69, 9.17) is 4.52 Å². The molecule has 2 heterocycles. The van der Waals surface area contributed by atoms with Gasteiger partial charge in [0.05, 0.1) is 12.6 Å². The Morgan fingerprint density at radius 3 is 2.92 bits per heavy atom. The fourth-order valence-corrected chi connectivity index (χ4v) is 2.69. The molecule has 24 heavy (non-hydrogen) atoms. The van der Waals surface area contributed by atoms with Crippen molar-refractivity contribution in [2.75, 3.05) is 11.9 Å². The van der Waals surface area contributed by atoms with Crippen LogP contribution in [-0.2, 0) is 11.3 Å². The highest BCUT2D eigenvalue weighted by Gasteiger charge is 2.27. The van der Waals surface area contributed by atoms with Crippen LogP contribution in [0, 0.1) is 0 Å². The first kappa shape index (κ1) is 16.6. The zero-order valence-corrected chi connectivity index (χ0v) is 14.1. The van der Waals surface area contributed by atoms with E-state index < -0.39 is 0 Å². The molecule has 0 aliphatic heterocycles. The van der Waals surface area contributed by atoms with Crippen LogP contribution >= 0.6 is 0 Å². The summed E-state index contributed by atoms with van der Waals surface area (Å²) in [6, 6.07) is 5.10. The molecule has 1 aliphatic carbocycles. The van der Waals surface area contributed by atoms with E-state index >= 15 is 0 Å². The van der Waals surface area contributed by atoms with Crippen LogP contribution in [0.15, 0.2) is 28.9 Å². The number of rotatable bonds is 7. The fraction of sp³-hybridized carbons (Fsp3) is 0.529. The molecule has 1 aliphatic rings. The first-order valence-electron chi connectivity index (χ1n) is 8.45. The molecule has 1 N–H and O–H groups in total. The predicted octanol–water partition coefficient (Wildman–Crippen LogP) is 2.58. The Kier molecular flexibility index (Phi) is 5.20. The fourth-order valence-electron chi connectivity index (χ4n) is 2.69. The lowest BCUT2D eigenvalue weighted by Crippen LogP contribution is -2.41. The largest absolute Gasteiger partial charge is 0.339 e. The van der Waals surface area contributed by atoms with Crippen LogP contribution in [0.4, 0.5) is 5.82 Å². The minimum atomic E-state index is -0.317. The van der Waals surface area contributed by atoms with Gasteiger partial charge in [0.15, 0.2) is 5.82 Å². The zero-order chi connectivity index (χ0) is 16.9. The maximum atomic E-state index is 12.4. The average Bonchev–Trinajstić information content (AvgIpc) is 2.99. The molecule has 2 aromatic rings. The smallest absolute Gasteiger partial charge is 0.242 e. The summed E-state index contributed by atoms with van der Waals surface area (Å²) >= 11 is 0. The van der Waals surface area contributed by atoms with Gasteiger partial charge in [-0.3, -0.25) is 9.69 Å². The molecule has 2 aromatic heterocycles. The third-order valence-electron chi connectivity index (χ3n) is 4.53. The Balaban J connectivity index is 1.59. The van der Waals surface area contributed by atoms with Gasteiger partial charge < -0.3 is 9.84 Å². The number of nitrogens with zero attached hydrogens (tertiary/aromatic N) is 4. The van der Waals surface area contributed by atoms with Crippen LogP contribution in [0.5, 0.6) is 0 Å². The van der Waals surface area contributed by atoms with Gasteiger partial charge in [0.1, 0.15) is 5.82 Å². The number of aromatic nitrogens is 3. The third kappa shape index (κ3) is 3.79. The Morgan fingerprint density at radius 1 is 1.46 bits per heavy atom. The third-order valence-corrected chi connectivity index (χ3v) is 4.53. The van der Waals surface area contributed by atoms with Crippen molar-refractivity contribution in [2.24, 2.45) is 0 Å². The minimum Gasteiger partial charge on any atom is -0.339 e. The van der Waals surface area contributed by atoms with Crippen molar-refractivity contribution in [1.29, 1.82) is 0 Å². The van der Waals surface area contributed by atoms with E-state index in [1.54, 1.807) is 12.3 Å². The summed E-state index contributed by atoms with van der Waals surface area (Å²) in [6.07, 6.45) is 5.14. The van der Waals surface area contributed by atoms with Crippen LogP contribution < -0.4 is 5.32 Å². The molecule has 1 amide bonds. The standard InChI is InChI=1S/C17H23N5O2/c1-3-22(11-15-20-17(24-21-15)13-7-6-8-13)12(2)16(23)19-14-9-4-5-10-18-14/h4-5,9-10,12-13H,3,6-8,11H2,1-2H3,(H,18,19,23). The van der Waals surface area contributed by atoms with Gasteiger partial charge in [-0.05, 0) is 38.4 Å². The molecule has 0 spiro atoms. The molecule has 0 bridgehead atoms. The number of amides is 1. The number of likely N-dealkylation sites (N-methyl/N-ethyl adjacent to an activating group) is 1. The van der Waals surface area contributed by atoms with Crippen molar-refractivity contribution in [3.63, 3.8) is 0 Å². The van der Waals surface area contributed by atoms with E-state index in [1.165, 1.54) is 6.42 Å². The molecule has 7 heteroatoms. The van der Waals surface area contributed by atoms with Crippen molar-refractivity contribution in [3.8, 4) is 0 Å². The van der Waals surface area contributed by atoms with Gasteiger partial charge in [-0.25, -0.2) is 4.98 Å². The molecule has 1 fully saturated rings. The van der Waals surface area contributed by atoms with Gasteiger partial charge in [0.2, 0.25) is 11.8 Å². The number of hydrogen-bond donors (Lipinski definition) is 1. The summed E-state index contributed by atoms with van der Waals surface area (Å²) < 4.78 is 5.35. The molecule has 0 radical (unpaired) electrons. The summed E-state index contributed by atoms with van der Waals surface area (Å²) in [6.45, 7) is 5.08. The second kappa shape index (κ2) is 7.53. The molecule has 3 rings (SSSR count). The second-order valence-corrected chi connectivity index (χ2v) is 6.12. The van der Waals surface area contributed by atoms with E-state index in [-0.39, 0.29) is 11.9 Å². The van der Waals surface area contributed by atoms with Gasteiger partial charge in [-0.15, -0.1) is 0 Å². The molecule has 0 saturated heterocycles. The van der Waals surface area contributed by atoms with Crippen molar-refractivity contribution in [3.05, 3.63) is 36.1 Å². The average molecular weight is 329 g/mol. The number of pyridine rings is 1. The highest BCUT2D eigenvalue weighted by atomic mass is 16.5. The van der Waals surface area contributed by atoms with Crippen molar-refractivity contribution >= 4 is 11.7 Å². The lowest BCUT2D eigenvalue weighted by molar-refractivity contribution is -0.121. The summed E-state index contributed by atoms with van der Waals surface area (Å²) in [4.78, 5) is 23.0. The summed E-state index contributed by atoms with van der Waals surface area (Å²) in [5.41, 5.74) is 0. The SMILES string of the molecule is CCN(Cc1noc(C2CCC2)n1)C(C)C(=O)Nc1ccccn1. The van der Waals surface area contributed by atoms with Crippen LogP contribution in [0.25, 0.3) is 0 Å². The summed E-state index contributed by atoms with van der Waals surface area (Å²) in [7, 11) is 0. The van der Waals surface area contributed by atoms with Crippen LogP contribution in [-0.4, -0.2) is 38.5 Å². The monoisotopic (exact) mass is 329 g/mol. The molecule has 128 valence electrons. The molecule has 7 nitrogen and oxygen atoms in total. The maximum absolute atomic E-state index is 12.4. The molecule has 0 aromatic carbocycles. The van der Waals surface area contributed by atoms with Gasteiger partial charge >= 0.3 is 0 Å². The maximum Gasteiger partial charge on any atom is 0.242 e.